The summed E-state index contributed by atoms with van der Waals surface area (Å²) in [7, 11) is 0. The summed E-state index contributed by atoms with van der Waals surface area (Å²) in [5, 5.41) is 24.4. The van der Waals surface area contributed by atoms with Gasteiger partial charge in [0.2, 0.25) is 5.91 Å². The van der Waals surface area contributed by atoms with Crippen LogP contribution in [0.25, 0.3) is 22.5 Å². The Kier molecular flexibility index (Phi) is 15.6. The topological polar surface area (TPSA) is 143 Å². The summed E-state index contributed by atoms with van der Waals surface area (Å²) < 4.78 is 10.9. The quantitative estimate of drug-likeness (QED) is 0.0596. The van der Waals surface area contributed by atoms with Crippen molar-refractivity contribution in [2.75, 3.05) is 33.2 Å². The third-order valence-corrected chi connectivity index (χ3v) is 9.98. The highest BCUT2D eigenvalue weighted by atomic mass is 32.1. The fraction of sp³-hybridized carbons (Fsp3) is 0.450. The standard InChI is InChI=1S/C40H52N4O6S/c1-5-6-7-8-9-20-50-33-16-14-30(15-17-33)32-23-41-37(42-24-32)31-12-10-28(11-13-31)21-34(38(47)43-22-29(25-45)26-49-27-46)44-39(48)35-18-19-36(51-35)40(2,3)4/h10-19,23-24,29,34,45-46H,5-9,20-22,25-27H2,1-4H3,(H,43,47)(H,44,48). The van der Waals surface area contributed by atoms with Gasteiger partial charge in [-0.05, 0) is 47.2 Å². The summed E-state index contributed by atoms with van der Waals surface area (Å²) in [6.07, 6.45) is 9.87. The Labute approximate surface area is 305 Å². The Morgan fingerprint density at radius 3 is 2.18 bits per heavy atom. The number of ether oxygens (including phenoxy) is 2. The van der Waals surface area contributed by atoms with Crippen LogP contribution in [0.5, 0.6) is 5.75 Å². The van der Waals surface area contributed by atoms with Crippen molar-refractivity contribution in [3.05, 3.63) is 88.4 Å². The third kappa shape index (κ3) is 12.5. The third-order valence-electron chi connectivity index (χ3n) is 8.47. The number of hydrogen-bond acceptors (Lipinski definition) is 9. The number of nitrogens with one attached hydrogen (secondary N) is 2. The number of aliphatic hydroxyl groups is 2. The molecule has 2 aromatic heterocycles. The summed E-state index contributed by atoms with van der Waals surface area (Å²) in [6, 6.07) is 18.4. The van der Waals surface area contributed by atoms with Gasteiger partial charge in [-0.15, -0.1) is 11.3 Å². The molecule has 11 heteroatoms. The summed E-state index contributed by atoms with van der Waals surface area (Å²) in [5.41, 5.74) is 3.46. The van der Waals surface area contributed by atoms with Crippen LogP contribution >= 0.6 is 11.3 Å². The second-order valence-electron chi connectivity index (χ2n) is 13.7. The summed E-state index contributed by atoms with van der Waals surface area (Å²) in [4.78, 5) is 37.5. The highest BCUT2D eigenvalue weighted by molar-refractivity contribution is 7.14. The molecule has 4 N–H and O–H groups in total. The van der Waals surface area contributed by atoms with Gasteiger partial charge in [0.15, 0.2) is 5.82 Å². The molecule has 4 rings (SSSR count). The normalized spacial score (nSPS) is 12.7. The SMILES string of the molecule is CCCCCCCOc1ccc(-c2cnc(-c3ccc(CC(NC(=O)c4ccc(C(C)(C)C)s4)C(=O)NCC(CO)COCO)cc3)nc2)cc1. The number of carbonyl (C=O) groups is 2. The molecule has 51 heavy (non-hydrogen) atoms. The average molecular weight is 717 g/mol. The first-order valence-electron chi connectivity index (χ1n) is 17.7. The van der Waals surface area contributed by atoms with Crippen LogP contribution in [-0.2, 0) is 21.4 Å². The fourth-order valence-electron chi connectivity index (χ4n) is 5.36. The average Bonchev–Trinajstić information content (AvgIpc) is 3.65. The minimum atomic E-state index is -0.875. The monoisotopic (exact) mass is 716 g/mol. The van der Waals surface area contributed by atoms with Crippen LogP contribution < -0.4 is 15.4 Å². The largest absolute Gasteiger partial charge is 0.494 e. The number of benzene rings is 2. The lowest BCUT2D eigenvalue weighted by Gasteiger charge is -2.21. The van der Waals surface area contributed by atoms with Gasteiger partial charge in [-0.2, -0.15) is 0 Å². The molecule has 0 radical (unpaired) electrons. The van der Waals surface area contributed by atoms with Gasteiger partial charge in [0, 0.05) is 53.9 Å². The van der Waals surface area contributed by atoms with E-state index in [9.17, 15) is 14.7 Å². The van der Waals surface area contributed by atoms with Crippen LogP contribution in [0.2, 0.25) is 0 Å². The number of carbonyl (C=O) groups excluding carboxylic acids is 2. The number of nitrogens with zero attached hydrogens (tertiary/aromatic N) is 2. The van der Waals surface area contributed by atoms with Gasteiger partial charge in [-0.25, -0.2) is 9.97 Å². The first-order valence-corrected chi connectivity index (χ1v) is 18.6. The number of rotatable bonds is 20. The van der Waals surface area contributed by atoms with E-state index in [2.05, 4.69) is 48.3 Å². The molecule has 0 aliphatic heterocycles. The van der Waals surface area contributed by atoms with Crippen molar-refractivity contribution in [2.24, 2.45) is 5.92 Å². The minimum absolute atomic E-state index is 0.0835. The number of aromatic nitrogens is 2. The number of aliphatic hydroxyl groups excluding tert-OH is 2. The van der Waals surface area contributed by atoms with Crippen LogP contribution in [0.1, 0.15) is 79.9 Å². The van der Waals surface area contributed by atoms with E-state index >= 15 is 0 Å². The van der Waals surface area contributed by atoms with Gasteiger partial charge in [0.1, 0.15) is 18.6 Å². The molecule has 0 spiro atoms. The molecule has 10 nitrogen and oxygen atoms in total. The molecule has 2 aromatic carbocycles. The van der Waals surface area contributed by atoms with E-state index in [4.69, 9.17) is 14.6 Å². The highest BCUT2D eigenvalue weighted by Gasteiger charge is 2.25. The van der Waals surface area contributed by atoms with Crippen molar-refractivity contribution in [3.8, 4) is 28.3 Å². The Morgan fingerprint density at radius 1 is 0.863 bits per heavy atom. The van der Waals surface area contributed by atoms with E-state index < -0.39 is 18.8 Å². The maximum Gasteiger partial charge on any atom is 0.262 e. The van der Waals surface area contributed by atoms with E-state index in [0.717, 1.165) is 45.9 Å². The molecule has 0 fully saturated rings. The smallest absolute Gasteiger partial charge is 0.262 e. The molecule has 2 amide bonds. The molecule has 274 valence electrons. The van der Waals surface area contributed by atoms with E-state index in [1.165, 1.54) is 37.0 Å². The first kappa shape index (κ1) is 39.6. The molecule has 0 saturated heterocycles. The Balaban J connectivity index is 1.40. The molecule has 0 aliphatic rings. The minimum Gasteiger partial charge on any atom is -0.494 e. The number of unbranched alkanes of at least 4 members (excludes halogenated alkanes) is 4. The zero-order chi connectivity index (χ0) is 36.6. The number of hydrogen-bond donors (Lipinski definition) is 4. The Morgan fingerprint density at radius 2 is 1.55 bits per heavy atom. The van der Waals surface area contributed by atoms with E-state index in [1.54, 1.807) is 18.5 Å². The van der Waals surface area contributed by atoms with Crippen molar-refractivity contribution in [1.29, 1.82) is 0 Å². The predicted octanol–water partition coefficient (Wildman–Crippen LogP) is 6.55. The van der Waals surface area contributed by atoms with Crippen LogP contribution in [0.15, 0.2) is 73.1 Å². The van der Waals surface area contributed by atoms with E-state index in [0.29, 0.717) is 10.7 Å². The molecular formula is C40H52N4O6S. The van der Waals surface area contributed by atoms with Crippen LogP contribution in [0.3, 0.4) is 0 Å². The maximum atomic E-state index is 13.4. The molecular weight excluding hydrogens is 665 g/mol. The molecule has 4 aromatic rings. The first-order chi connectivity index (χ1) is 24.6. The Bertz CT molecular complexity index is 1640. The van der Waals surface area contributed by atoms with Gasteiger partial charge in [0.05, 0.1) is 18.1 Å². The summed E-state index contributed by atoms with van der Waals surface area (Å²) >= 11 is 1.41. The fourth-order valence-corrected chi connectivity index (χ4v) is 6.32. The second kappa shape index (κ2) is 20.0. The highest BCUT2D eigenvalue weighted by Crippen LogP contribution is 2.29. The van der Waals surface area contributed by atoms with Gasteiger partial charge in [-0.1, -0.05) is 89.8 Å². The Hall–Kier alpha value is -4.16. The molecule has 2 unspecified atom stereocenters. The van der Waals surface area contributed by atoms with Crippen LogP contribution in [-0.4, -0.2) is 71.2 Å². The number of amides is 2. The molecule has 0 bridgehead atoms. The van der Waals surface area contributed by atoms with Crippen LogP contribution in [0, 0.1) is 5.92 Å². The van der Waals surface area contributed by atoms with Gasteiger partial charge in [0.25, 0.3) is 5.91 Å². The molecule has 2 heterocycles. The van der Waals surface area contributed by atoms with Gasteiger partial charge in [-0.3, -0.25) is 9.59 Å². The van der Waals surface area contributed by atoms with Crippen molar-refractivity contribution < 1.29 is 29.3 Å². The van der Waals surface area contributed by atoms with Crippen molar-refractivity contribution >= 4 is 23.2 Å². The van der Waals surface area contributed by atoms with Crippen molar-refractivity contribution in [1.82, 2.24) is 20.6 Å². The second-order valence-corrected chi connectivity index (χ2v) is 14.8. The lowest BCUT2D eigenvalue weighted by molar-refractivity contribution is -0.123. The van der Waals surface area contributed by atoms with Gasteiger partial charge >= 0.3 is 0 Å². The van der Waals surface area contributed by atoms with E-state index in [-0.39, 0.29) is 43.4 Å². The maximum absolute atomic E-state index is 13.4. The molecule has 0 aliphatic carbocycles. The zero-order valence-corrected chi connectivity index (χ0v) is 31.0. The van der Waals surface area contributed by atoms with Crippen molar-refractivity contribution in [3.63, 3.8) is 0 Å². The molecule has 0 saturated carbocycles. The van der Waals surface area contributed by atoms with Gasteiger partial charge < -0.3 is 30.3 Å². The molecule has 2 atom stereocenters. The summed E-state index contributed by atoms with van der Waals surface area (Å²) in [6.45, 7) is 8.70. The van der Waals surface area contributed by atoms with E-state index in [1.807, 2.05) is 54.6 Å². The predicted molar refractivity (Wildman–Crippen MR) is 202 cm³/mol. The lowest BCUT2D eigenvalue weighted by Crippen LogP contribution is -2.49. The van der Waals surface area contributed by atoms with Crippen LogP contribution in [0.4, 0.5) is 0 Å². The van der Waals surface area contributed by atoms with Crippen molar-refractivity contribution in [2.45, 2.75) is 77.7 Å². The number of thiophene rings is 1. The zero-order valence-electron chi connectivity index (χ0n) is 30.2. The lowest BCUT2D eigenvalue weighted by atomic mass is 9.95. The summed E-state index contributed by atoms with van der Waals surface area (Å²) in [5.74, 6) is 0.308.